The molecule has 0 radical (unpaired) electrons. The molecule has 1 aliphatic heterocycles. The Hall–Kier alpha value is -0.770. The van der Waals surface area contributed by atoms with E-state index < -0.39 is 0 Å². The lowest BCUT2D eigenvalue weighted by atomic mass is 10.0. The molecule has 0 bridgehead atoms. The molecule has 2 rings (SSSR count). The molecule has 1 saturated carbocycles. The number of aliphatic imine (C=N–C) groups is 1. The predicted octanol–water partition coefficient (Wildman–Crippen LogP) is 2.75. The lowest BCUT2D eigenvalue weighted by molar-refractivity contribution is 0.158. The standard InChI is InChI=1S/C17H34N4/c1-15-9-5-7-13-21(15)14-8-6-12-19-17(18-2)20-16-10-3-4-11-16/h15-16H,3-14H2,1-2H3,(H2,18,19,20). The first-order valence-corrected chi connectivity index (χ1v) is 9.01. The Morgan fingerprint density at radius 2 is 1.86 bits per heavy atom. The van der Waals surface area contributed by atoms with Gasteiger partial charge in [0.2, 0.25) is 0 Å². The first kappa shape index (κ1) is 16.6. The van der Waals surface area contributed by atoms with E-state index in [1.54, 1.807) is 0 Å². The Balaban J connectivity index is 1.53. The molecular formula is C17H34N4. The molecule has 0 aromatic carbocycles. The third-order valence-corrected chi connectivity index (χ3v) is 5.02. The zero-order chi connectivity index (χ0) is 14.9. The Labute approximate surface area is 130 Å². The summed E-state index contributed by atoms with van der Waals surface area (Å²) < 4.78 is 0. The van der Waals surface area contributed by atoms with Crippen molar-refractivity contribution in [3.8, 4) is 0 Å². The number of nitrogens with zero attached hydrogens (tertiary/aromatic N) is 2. The molecule has 0 aromatic heterocycles. The molecule has 1 saturated heterocycles. The Morgan fingerprint density at radius 1 is 1.10 bits per heavy atom. The van der Waals surface area contributed by atoms with Crippen LogP contribution in [0.3, 0.4) is 0 Å². The molecule has 0 amide bonds. The summed E-state index contributed by atoms with van der Waals surface area (Å²) in [5.41, 5.74) is 0. The lowest BCUT2D eigenvalue weighted by Crippen LogP contribution is -2.43. The monoisotopic (exact) mass is 294 g/mol. The average Bonchev–Trinajstić information content (AvgIpc) is 3.00. The van der Waals surface area contributed by atoms with E-state index in [9.17, 15) is 0 Å². The highest BCUT2D eigenvalue weighted by molar-refractivity contribution is 5.79. The van der Waals surface area contributed by atoms with E-state index in [4.69, 9.17) is 0 Å². The fraction of sp³-hybridized carbons (Fsp3) is 0.941. The van der Waals surface area contributed by atoms with Gasteiger partial charge < -0.3 is 15.5 Å². The summed E-state index contributed by atoms with van der Waals surface area (Å²) >= 11 is 0. The van der Waals surface area contributed by atoms with Gasteiger partial charge in [0.1, 0.15) is 0 Å². The SMILES string of the molecule is CN=C(NCCCCN1CCCCC1C)NC1CCCC1. The van der Waals surface area contributed by atoms with E-state index >= 15 is 0 Å². The van der Waals surface area contributed by atoms with Crippen LogP contribution in [-0.4, -0.2) is 49.6 Å². The van der Waals surface area contributed by atoms with Gasteiger partial charge in [0.05, 0.1) is 0 Å². The van der Waals surface area contributed by atoms with Gasteiger partial charge in [0.15, 0.2) is 5.96 Å². The van der Waals surface area contributed by atoms with E-state index in [1.807, 2.05) is 7.05 Å². The van der Waals surface area contributed by atoms with E-state index in [1.165, 1.54) is 70.9 Å². The second kappa shape index (κ2) is 9.29. The topological polar surface area (TPSA) is 39.7 Å². The molecule has 21 heavy (non-hydrogen) atoms. The number of rotatable bonds is 6. The van der Waals surface area contributed by atoms with Crippen molar-refractivity contribution in [3.63, 3.8) is 0 Å². The average molecular weight is 294 g/mol. The van der Waals surface area contributed by atoms with Crippen LogP contribution >= 0.6 is 0 Å². The maximum atomic E-state index is 4.34. The molecule has 0 aromatic rings. The van der Waals surface area contributed by atoms with Crippen LogP contribution in [0.5, 0.6) is 0 Å². The minimum atomic E-state index is 0.644. The third kappa shape index (κ3) is 5.85. The summed E-state index contributed by atoms with van der Waals surface area (Å²) in [5.74, 6) is 0.994. The van der Waals surface area contributed by atoms with E-state index in [-0.39, 0.29) is 0 Å². The molecular weight excluding hydrogens is 260 g/mol. The molecule has 2 N–H and O–H groups in total. The second-order valence-electron chi connectivity index (χ2n) is 6.71. The molecule has 1 unspecified atom stereocenters. The molecule has 1 heterocycles. The highest BCUT2D eigenvalue weighted by Gasteiger charge is 2.17. The third-order valence-electron chi connectivity index (χ3n) is 5.02. The van der Waals surface area contributed by atoms with Gasteiger partial charge in [-0.3, -0.25) is 4.99 Å². The fourth-order valence-corrected chi connectivity index (χ4v) is 3.59. The number of piperidine rings is 1. The molecule has 1 aliphatic carbocycles. The van der Waals surface area contributed by atoms with Crippen molar-refractivity contribution in [2.75, 3.05) is 26.7 Å². The van der Waals surface area contributed by atoms with Crippen molar-refractivity contribution in [3.05, 3.63) is 0 Å². The van der Waals surface area contributed by atoms with Gasteiger partial charge in [-0.15, -0.1) is 0 Å². The van der Waals surface area contributed by atoms with Crippen molar-refractivity contribution in [2.45, 2.75) is 76.8 Å². The molecule has 1 atom stereocenters. The van der Waals surface area contributed by atoms with Crippen LogP contribution in [0.25, 0.3) is 0 Å². The summed E-state index contributed by atoms with van der Waals surface area (Å²) in [4.78, 5) is 7.00. The van der Waals surface area contributed by atoms with Crippen molar-refractivity contribution >= 4 is 5.96 Å². The normalized spacial score (nSPS) is 25.2. The Bertz CT molecular complexity index is 310. The number of hydrogen-bond acceptors (Lipinski definition) is 2. The molecule has 2 fully saturated rings. The van der Waals surface area contributed by atoms with Crippen LogP contribution < -0.4 is 10.6 Å². The summed E-state index contributed by atoms with van der Waals surface area (Å²) in [5, 5.41) is 7.01. The number of likely N-dealkylation sites (tertiary alicyclic amines) is 1. The van der Waals surface area contributed by atoms with Crippen LogP contribution in [0.4, 0.5) is 0 Å². The van der Waals surface area contributed by atoms with Crippen molar-refractivity contribution < 1.29 is 0 Å². The van der Waals surface area contributed by atoms with E-state index in [0.29, 0.717) is 6.04 Å². The maximum absolute atomic E-state index is 4.34. The summed E-state index contributed by atoms with van der Waals surface area (Å²) in [7, 11) is 1.87. The first-order chi connectivity index (χ1) is 10.3. The fourth-order valence-electron chi connectivity index (χ4n) is 3.59. The highest BCUT2D eigenvalue weighted by Crippen LogP contribution is 2.17. The van der Waals surface area contributed by atoms with Crippen molar-refractivity contribution in [2.24, 2.45) is 4.99 Å². The molecule has 2 aliphatic rings. The minimum absolute atomic E-state index is 0.644. The maximum Gasteiger partial charge on any atom is 0.191 e. The zero-order valence-electron chi connectivity index (χ0n) is 14.0. The second-order valence-corrected chi connectivity index (χ2v) is 6.71. The van der Waals surface area contributed by atoms with Gasteiger partial charge in [-0.1, -0.05) is 19.3 Å². The highest BCUT2D eigenvalue weighted by atomic mass is 15.2. The molecule has 0 spiro atoms. The van der Waals surface area contributed by atoms with Crippen LogP contribution in [0.15, 0.2) is 4.99 Å². The van der Waals surface area contributed by atoms with Gasteiger partial charge in [0, 0.05) is 25.7 Å². The zero-order valence-corrected chi connectivity index (χ0v) is 14.0. The first-order valence-electron chi connectivity index (χ1n) is 9.01. The van der Waals surface area contributed by atoms with Crippen molar-refractivity contribution in [1.29, 1.82) is 0 Å². The Morgan fingerprint density at radius 3 is 2.57 bits per heavy atom. The molecule has 4 nitrogen and oxygen atoms in total. The van der Waals surface area contributed by atoms with E-state index in [2.05, 4.69) is 27.4 Å². The quantitative estimate of drug-likeness (QED) is 0.449. The van der Waals surface area contributed by atoms with Crippen LogP contribution in [0.1, 0.15) is 64.7 Å². The number of hydrogen-bond donors (Lipinski definition) is 2. The van der Waals surface area contributed by atoms with Gasteiger partial charge in [-0.05, 0) is 58.5 Å². The summed E-state index contributed by atoms with van der Waals surface area (Å²) in [6.45, 7) is 5.98. The molecule has 122 valence electrons. The van der Waals surface area contributed by atoms with Gasteiger partial charge in [-0.25, -0.2) is 0 Å². The smallest absolute Gasteiger partial charge is 0.191 e. The largest absolute Gasteiger partial charge is 0.356 e. The number of guanidine groups is 1. The van der Waals surface area contributed by atoms with Gasteiger partial charge in [0.25, 0.3) is 0 Å². The van der Waals surface area contributed by atoms with Crippen molar-refractivity contribution in [1.82, 2.24) is 15.5 Å². The minimum Gasteiger partial charge on any atom is -0.356 e. The van der Waals surface area contributed by atoms with Crippen LogP contribution in [0.2, 0.25) is 0 Å². The number of nitrogens with one attached hydrogen (secondary N) is 2. The lowest BCUT2D eigenvalue weighted by Gasteiger charge is -2.33. The van der Waals surface area contributed by atoms with Gasteiger partial charge in [-0.2, -0.15) is 0 Å². The van der Waals surface area contributed by atoms with Crippen LogP contribution in [-0.2, 0) is 0 Å². The van der Waals surface area contributed by atoms with Crippen LogP contribution in [0, 0.1) is 0 Å². The molecule has 4 heteroatoms. The predicted molar refractivity (Wildman–Crippen MR) is 90.9 cm³/mol. The van der Waals surface area contributed by atoms with E-state index in [0.717, 1.165) is 18.5 Å². The Kier molecular flexibility index (Phi) is 7.34. The summed E-state index contributed by atoms with van der Waals surface area (Å²) in [6.07, 6.45) is 12.0. The number of unbranched alkanes of at least 4 members (excludes halogenated alkanes) is 1. The van der Waals surface area contributed by atoms with Gasteiger partial charge >= 0.3 is 0 Å². The summed E-state index contributed by atoms with van der Waals surface area (Å²) in [6, 6.07) is 1.44.